The number of thioether (sulfide) groups is 1. The van der Waals surface area contributed by atoms with Crippen molar-refractivity contribution in [2.75, 3.05) is 11.6 Å². The van der Waals surface area contributed by atoms with E-state index in [-0.39, 0.29) is 11.9 Å². The highest BCUT2D eigenvalue weighted by atomic mass is 79.9. The Bertz CT molecular complexity index is 419. The van der Waals surface area contributed by atoms with Gasteiger partial charge in [-0.15, -0.1) is 11.8 Å². The van der Waals surface area contributed by atoms with Crippen molar-refractivity contribution in [1.82, 2.24) is 10.6 Å². The maximum absolute atomic E-state index is 11.8. The summed E-state index contributed by atoms with van der Waals surface area (Å²) in [6.07, 6.45) is 0. The Morgan fingerprint density at radius 1 is 1.65 bits per heavy atom. The van der Waals surface area contributed by atoms with Crippen LogP contribution in [0.3, 0.4) is 0 Å². The fraction of sp³-hybridized carbons (Fsp3) is 0.417. The standard InChI is InChI=1S/C12H15BrN2OS/c1-8-2-3-10(13)4-9(8)5-14-12(16)11-6-17-7-15-11/h2-4,11,15H,5-7H2,1H3,(H,14,16). The highest BCUT2D eigenvalue weighted by Crippen LogP contribution is 2.16. The summed E-state index contributed by atoms with van der Waals surface area (Å²) in [4.78, 5) is 11.8. The molecule has 0 aromatic heterocycles. The second-order valence-electron chi connectivity index (χ2n) is 4.06. The van der Waals surface area contributed by atoms with Crippen LogP contribution in [0.4, 0.5) is 0 Å². The molecule has 1 aliphatic rings. The molecule has 3 nitrogen and oxygen atoms in total. The Balaban J connectivity index is 1.92. The summed E-state index contributed by atoms with van der Waals surface area (Å²) in [5, 5.41) is 6.13. The van der Waals surface area contributed by atoms with Crippen LogP contribution in [0.15, 0.2) is 22.7 Å². The predicted molar refractivity (Wildman–Crippen MR) is 75.0 cm³/mol. The number of amides is 1. The molecule has 17 heavy (non-hydrogen) atoms. The van der Waals surface area contributed by atoms with Gasteiger partial charge in [-0.05, 0) is 30.2 Å². The minimum absolute atomic E-state index is 0.0348. The molecular formula is C12H15BrN2OS. The number of rotatable bonds is 3. The highest BCUT2D eigenvalue weighted by Gasteiger charge is 2.21. The molecule has 1 amide bonds. The molecular weight excluding hydrogens is 300 g/mol. The maximum Gasteiger partial charge on any atom is 0.238 e. The molecule has 1 aliphatic heterocycles. The van der Waals surface area contributed by atoms with E-state index in [4.69, 9.17) is 0 Å². The van der Waals surface area contributed by atoms with Crippen LogP contribution in [0.2, 0.25) is 0 Å². The Morgan fingerprint density at radius 2 is 2.47 bits per heavy atom. The summed E-state index contributed by atoms with van der Waals surface area (Å²) >= 11 is 5.20. The number of carbonyl (C=O) groups excluding carboxylic acids is 1. The van der Waals surface area contributed by atoms with Gasteiger partial charge < -0.3 is 5.32 Å². The summed E-state index contributed by atoms with van der Waals surface area (Å²) in [6.45, 7) is 2.64. The zero-order valence-electron chi connectivity index (χ0n) is 9.63. The molecule has 2 N–H and O–H groups in total. The lowest BCUT2D eigenvalue weighted by Crippen LogP contribution is -2.41. The van der Waals surface area contributed by atoms with Crippen LogP contribution in [0.5, 0.6) is 0 Å². The van der Waals surface area contributed by atoms with Gasteiger partial charge in [-0.1, -0.05) is 22.0 Å². The fourth-order valence-corrected chi connectivity index (χ4v) is 3.05. The van der Waals surface area contributed by atoms with E-state index in [1.54, 1.807) is 11.8 Å². The second kappa shape index (κ2) is 5.89. The molecule has 0 aliphatic carbocycles. The molecule has 0 bridgehead atoms. The number of hydrogen-bond acceptors (Lipinski definition) is 3. The van der Waals surface area contributed by atoms with Gasteiger partial charge in [0.1, 0.15) is 0 Å². The molecule has 1 fully saturated rings. The van der Waals surface area contributed by atoms with Crippen molar-refractivity contribution in [3.05, 3.63) is 33.8 Å². The zero-order valence-corrected chi connectivity index (χ0v) is 12.0. The predicted octanol–water partition coefficient (Wildman–Crippen LogP) is 2.04. The topological polar surface area (TPSA) is 41.1 Å². The van der Waals surface area contributed by atoms with Gasteiger partial charge in [0.2, 0.25) is 5.91 Å². The van der Waals surface area contributed by atoms with Gasteiger partial charge in [0, 0.05) is 22.6 Å². The summed E-state index contributed by atoms with van der Waals surface area (Å²) in [5.74, 6) is 1.83. The number of halogens is 1. The minimum Gasteiger partial charge on any atom is -0.351 e. The van der Waals surface area contributed by atoms with E-state index in [0.717, 1.165) is 21.7 Å². The van der Waals surface area contributed by atoms with Crippen LogP contribution in [-0.4, -0.2) is 23.6 Å². The van der Waals surface area contributed by atoms with Crippen molar-refractivity contribution >= 4 is 33.6 Å². The van der Waals surface area contributed by atoms with Crippen molar-refractivity contribution in [2.24, 2.45) is 0 Å². The minimum atomic E-state index is -0.0348. The number of nitrogens with one attached hydrogen (secondary N) is 2. The lowest BCUT2D eigenvalue weighted by molar-refractivity contribution is -0.122. The van der Waals surface area contributed by atoms with Crippen molar-refractivity contribution in [3.63, 3.8) is 0 Å². The van der Waals surface area contributed by atoms with E-state index >= 15 is 0 Å². The quantitative estimate of drug-likeness (QED) is 0.897. The molecule has 1 aromatic carbocycles. The molecule has 0 radical (unpaired) electrons. The van der Waals surface area contributed by atoms with E-state index in [0.29, 0.717) is 6.54 Å². The molecule has 5 heteroatoms. The summed E-state index contributed by atoms with van der Waals surface area (Å²) in [7, 11) is 0. The first-order valence-electron chi connectivity index (χ1n) is 5.50. The average molecular weight is 315 g/mol. The zero-order chi connectivity index (χ0) is 12.3. The van der Waals surface area contributed by atoms with Gasteiger partial charge in [-0.3, -0.25) is 10.1 Å². The van der Waals surface area contributed by atoms with Crippen molar-refractivity contribution in [3.8, 4) is 0 Å². The smallest absolute Gasteiger partial charge is 0.238 e. The number of carbonyl (C=O) groups is 1. The van der Waals surface area contributed by atoms with Crippen LogP contribution >= 0.6 is 27.7 Å². The first kappa shape index (κ1) is 12.9. The van der Waals surface area contributed by atoms with Gasteiger partial charge in [0.05, 0.1) is 6.04 Å². The van der Waals surface area contributed by atoms with Crippen LogP contribution in [-0.2, 0) is 11.3 Å². The van der Waals surface area contributed by atoms with Gasteiger partial charge >= 0.3 is 0 Å². The molecule has 92 valence electrons. The average Bonchev–Trinajstić information content (AvgIpc) is 2.83. The van der Waals surface area contributed by atoms with Gasteiger partial charge in [0.25, 0.3) is 0 Å². The normalized spacial score (nSPS) is 19.3. The van der Waals surface area contributed by atoms with Gasteiger partial charge in [0.15, 0.2) is 0 Å². The Hall–Kier alpha value is -0.520. The molecule has 1 saturated heterocycles. The van der Waals surface area contributed by atoms with E-state index in [2.05, 4.69) is 39.6 Å². The van der Waals surface area contributed by atoms with Crippen LogP contribution in [0.25, 0.3) is 0 Å². The van der Waals surface area contributed by atoms with Crippen molar-refractivity contribution < 1.29 is 4.79 Å². The monoisotopic (exact) mass is 314 g/mol. The fourth-order valence-electron chi connectivity index (χ4n) is 1.70. The molecule has 0 spiro atoms. The van der Waals surface area contributed by atoms with Crippen LogP contribution in [0.1, 0.15) is 11.1 Å². The SMILES string of the molecule is Cc1ccc(Br)cc1CNC(=O)C1CSCN1. The molecule has 1 atom stereocenters. The third kappa shape index (κ3) is 3.47. The Labute approximate surface area is 114 Å². The third-order valence-corrected chi connectivity index (χ3v) is 4.23. The molecule has 1 aromatic rings. The molecule has 2 rings (SSSR count). The third-order valence-electron chi connectivity index (χ3n) is 2.80. The van der Waals surface area contributed by atoms with Crippen LogP contribution in [0, 0.1) is 6.92 Å². The Morgan fingerprint density at radius 3 is 3.18 bits per heavy atom. The molecule has 1 unspecified atom stereocenters. The van der Waals surface area contributed by atoms with Gasteiger partial charge in [-0.2, -0.15) is 0 Å². The van der Waals surface area contributed by atoms with E-state index in [9.17, 15) is 4.79 Å². The van der Waals surface area contributed by atoms with Gasteiger partial charge in [-0.25, -0.2) is 0 Å². The summed E-state index contributed by atoms with van der Waals surface area (Å²) in [5.41, 5.74) is 2.35. The second-order valence-corrected chi connectivity index (χ2v) is 6.01. The van der Waals surface area contributed by atoms with E-state index in [1.807, 2.05) is 12.1 Å². The first-order valence-corrected chi connectivity index (χ1v) is 7.45. The van der Waals surface area contributed by atoms with E-state index in [1.165, 1.54) is 5.56 Å². The van der Waals surface area contributed by atoms with Crippen molar-refractivity contribution in [2.45, 2.75) is 19.5 Å². The lowest BCUT2D eigenvalue weighted by atomic mass is 10.1. The number of benzene rings is 1. The molecule has 0 saturated carbocycles. The highest BCUT2D eigenvalue weighted by molar-refractivity contribution is 9.10. The lowest BCUT2D eigenvalue weighted by Gasteiger charge is -2.12. The Kier molecular flexibility index (Phi) is 4.48. The summed E-state index contributed by atoms with van der Waals surface area (Å²) < 4.78 is 1.04. The van der Waals surface area contributed by atoms with Crippen molar-refractivity contribution in [1.29, 1.82) is 0 Å². The first-order chi connectivity index (χ1) is 8.16. The number of aryl methyl sites for hydroxylation is 1. The van der Waals surface area contributed by atoms with Crippen LogP contribution < -0.4 is 10.6 Å². The molecule has 1 heterocycles. The van der Waals surface area contributed by atoms with E-state index < -0.39 is 0 Å². The summed E-state index contributed by atoms with van der Waals surface area (Å²) in [6, 6.07) is 6.07. The maximum atomic E-state index is 11.8. The number of hydrogen-bond donors (Lipinski definition) is 2. The largest absolute Gasteiger partial charge is 0.351 e.